The average Bonchev–Trinajstić information content (AvgIpc) is 3.24. The Morgan fingerprint density at radius 2 is 2.09 bits per heavy atom. The van der Waals surface area contributed by atoms with E-state index in [0.29, 0.717) is 16.6 Å². The molecule has 1 N–H and O–H groups in total. The maximum Gasteiger partial charge on any atom is 0.265 e. The highest BCUT2D eigenvalue weighted by Crippen LogP contribution is 2.24. The monoisotopic (exact) mass is 439 g/mol. The molecule has 1 amide bonds. The number of hydrogen-bond acceptors (Lipinski definition) is 6. The maximum atomic E-state index is 14.2. The van der Waals surface area contributed by atoms with E-state index in [9.17, 15) is 14.0 Å². The minimum Gasteiger partial charge on any atom is -0.352 e. The van der Waals surface area contributed by atoms with Crippen LogP contribution in [-0.2, 0) is 20.8 Å². The van der Waals surface area contributed by atoms with Crippen LogP contribution in [0.25, 0.3) is 11.0 Å². The minimum absolute atomic E-state index is 0.0451. The molecule has 2 aromatic heterocycles. The standard InChI is InChI=1S/C23H22FN3O5/c1-30-19-9-10-23(31-2,32-19)14-26-21(28)17-12-15-7-5-11-25-20(15)27(22(17)29)13-16-6-3-4-8-18(16)24/h3-12,19H,13-14H2,1-2H3,(H,26,28). The van der Waals surface area contributed by atoms with Crippen molar-refractivity contribution in [2.45, 2.75) is 18.6 Å². The van der Waals surface area contributed by atoms with E-state index in [1.54, 1.807) is 42.5 Å². The summed E-state index contributed by atoms with van der Waals surface area (Å²) in [7, 11) is 2.93. The Bertz CT molecular complexity index is 1240. The molecule has 32 heavy (non-hydrogen) atoms. The van der Waals surface area contributed by atoms with Crippen molar-refractivity contribution < 1.29 is 23.4 Å². The van der Waals surface area contributed by atoms with E-state index in [0.717, 1.165) is 0 Å². The number of halogens is 1. The van der Waals surface area contributed by atoms with E-state index in [2.05, 4.69) is 10.3 Å². The van der Waals surface area contributed by atoms with Gasteiger partial charge in [0.1, 0.15) is 17.0 Å². The molecule has 166 valence electrons. The molecular weight excluding hydrogens is 417 g/mol. The van der Waals surface area contributed by atoms with Crippen molar-refractivity contribution in [3.63, 3.8) is 0 Å². The van der Waals surface area contributed by atoms with E-state index in [4.69, 9.17) is 14.2 Å². The van der Waals surface area contributed by atoms with Crippen LogP contribution in [0, 0.1) is 5.82 Å². The van der Waals surface area contributed by atoms with Crippen LogP contribution in [0.3, 0.4) is 0 Å². The lowest BCUT2D eigenvalue weighted by Crippen LogP contribution is -2.45. The number of nitrogens with zero attached hydrogens (tertiary/aromatic N) is 2. The zero-order valence-electron chi connectivity index (χ0n) is 17.6. The van der Waals surface area contributed by atoms with Gasteiger partial charge in [-0.25, -0.2) is 9.37 Å². The molecule has 2 atom stereocenters. The lowest BCUT2D eigenvalue weighted by atomic mass is 10.1. The van der Waals surface area contributed by atoms with Gasteiger partial charge in [-0.05, 0) is 36.4 Å². The molecule has 0 saturated heterocycles. The number of ether oxygens (including phenoxy) is 3. The van der Waals surface area contributed by atoms with Crippen LogP contribution >= 0.6 is 0 Å². The third-order valence-corrected chi connectivity index (χ3v) is 5.27. The van der Waals surface area contributed by atoms with Gasteiger partial charge in [0, 0.05) is 31.4 Å². The zero-order chi connectivity index (χ0) is 22.7. The van der Waals surface area contributed by atoms with Crippen molar-refractivity contribution in [1.29, 1.82) is 0 Å². The van der Waals surface area contributed by atoms with Crippen LogP contribution in [0.15, 0.2) is 65.6 Å². The largest absolute Gasteiger partial charge is 0.352 e. The SMILES string of the molecule is COC1C=CC(CNC(=O)c2cc3cccnc3n(Cc3ccccc3F)c2=O)(OC)O1. The molecule has 0 aliphatic carbocycles. The van der Waals surface area contributed by atoms with Crippen LogP contribution in [0.1, 0.15) is 15.9 Å². The number of aromatic nitrogens is 2. The number of carbonyl (C=O) groups excluding carboxylic acids is 1. The summed E-state index contributed by atoms with van der Waals surface area (Å²) in [5, 5.41) is 3.26. The Morgan fingerprint density at radius 3 is 2.81 bits per heavy atom. The van der Waals surface area contributed by atoms with Crippen molar-refractivity contribution in [2.24, 2.45) is 0 Å². The second-order valence-corrected chi connectivity index (χ2v) is 7.24. The van der Waals surface area contributed by atoms with Crippen LogP contribution < -0.4 is 10.9 Å². The number of amides is 1. The first-order valence-corrected chi connectivity index (χ1v) is 9.91. The van der Waals surface area contributed by atoms with Crippen LogP contribution in [0.2, 0.25) is 0 Å². The first-order chi connectivity index (χ1) is 15.5. The van der Waals surface area contributed by atoms with Gasteiger partial charge in [0.05, 0.1) is 13.1 Å². The highest BCUT2D eigenvalue weighted by atomic mass is 19.1. The van der Waals surface area contributed by atoms with Gasteiger partial charge in [0.25, 0.3) is 11.5 Å². The molecule has 1 aliphatic heterocycles. The molecule has 1 aromatic carbocycles. The molecule has 0 spiro atoms. The molecule has 4 rings (SSSR count). The van der Waals surface area contributed by atoms with Gasteiger partial charge in [0.2, 0.25) is 5.79 Å². The number of rotatable bonds is 7. The number of fused-ring (bicyclic) bond motifs is 1. The molecule has 3 heterocycles. The van der Waals surface area contributed by atoms with Gasteiger partial charge in [-0.15, -0.1) is 0 Å². The summed E-state index contributed by atoms with van der Waals surface area (Å²) in [6.45, 7) is -0.111. The Kier molecular flexibility index (Phi) is 6.13. The summed E-state index contributed by atoms with van der Waals surface area (Å²) in [5.41, 5.74) is -0.0114. The van der Waals surface area contributed by atoms with Crippen LogP contribution in [0.5, 0.6) is 0 Å². The Morgan fingerprint density at radius 1 is 1.28 bits per heavy atom. The van der Waals surface area contributed by atoms with E-state index in [1.165, 1.54) is 37.1 Å². The van der Waals surface area contributed by atoms with E-state index in [-0.39, 0.29) is 18.7 Å². The molecule has 3 aromatic rings. The molecule has 0 radical (unpaired) electrons. The van der Waals surface area contributed by atoms with Crippen molar-refractivity contribution in [2.75, 3.05) is 20.8 Å². The second kappa shape index (κ2) is 8.99. The number of nitrogens with one attached hydrogen (secondary N) is 1. The smallest absolute Gasteiger partial charge is 0.265 e. The van der Waals surface area contributed by atoms with Crippen molar-refractivity contribution in [3.05, 3.63) is 88.1 Å². The molecular formula is C23H22FN3O5. The van der Waals surface area contributed by atoms with Crippen LogP contribution in [-0.4, -0.2) is 48.3 Å². The molecule has 0 saturated carbocycles. The minimum atomic E-state index is -1.21. The summed E-state index contributed by atoms with van der Waals surface area (Å²) in [4.78, 5) is 30.5. The fraction of sp³-hybridized carbons (Fsp3) is 0.261. The second-order valence-electron chi connectivity index (χ2n) is 7.24. The third kappa shape index (κ3) is 4.18. The third-order valence-electron chi connectivity index (χ3n) is 5.27. The van der Waals surface area contributed by atoms with E-state index < -0.39 is 29.4 Å². The Hall–Kier alpha value is -3.40. The van der Waals surface area contributed by atoms with Crippen molar-refractivity contribution in [1.82, 2.24) is 14.9 Å². The summed E-state index contributed by atoms with van der Waals surface area (Å²) >= 11 is 0. The highest BCUT2D eigenvalue weighted by molar-refractivity contribution is 5.96. The summed E-state index contributed by atoms with van der Waals surface area (Å²) in [6.07, 6.45) is 4.25. The predicted molar refractivity (Wildman–Crippen MR) is 115 cm³/mol. The summed E-state index contributed by atoms with van der Waals surface area (Å²) < 4.78 is 31.7. The quantitative estimate of drug-likeness (QED) is 0.568. The first-order valence-electron chi connectivity index (χ1n) is 9.91. The normalized spacial score (nSPS) is 20.0. The lowest BCUT2D eigenvalue weighted by molar-refractivity contribution is -0.238. The van der Waals surface area contributed by atoms with E-state index in [1.807, 2.05) is 0 Å². The van der Waals surface area contributed by atoms with Gasteiger partial charge in [0.15, 0.2) is 6.29 Å². The summed E-state index contributed by atoms with van der Waals surface area (Å²) in [5.74, 6) is -2.27. The van der Waals surface area contributed by atoms with Crippen molar-refractivity contribution in [3.8, 4) is 0 Å². The highest BCUT2D eigenvalue weighted by Gasteiger charge is 2.36. The molecule has 0 fully saturated rings. The van der Waals surface area contributed by atoms with Crippen molar-refractivity contribution >= 4 is 16.9 Å². The Labute approximate surface area is 183 Å². The lowest BCUT2D eigenvalue weighted by Gasteiger charge is -2.27. The van der Waals surface area contributed by atoms with Gasteiger partial charge < -0.3 is 19.5 Å². The van der Waals surface area contributed by atoms with E-state index >= 15 is 0 Å². The first kappa shape index (κ1) is 21.8. The predicted octanol–water partition coefficient (Wildman–Crippen LogP) is 2.22. The van der Waals surface area contributed by atoms with Gasteiger partial charge >= 0.3 is 0 Å². The molecule has 0 bridgehead atoms. The number of pyridine rings is 2. The van der Waals surface area contributed by atoms with Gasteiger partial charge in [-0.3, -0.25) is 14.2 Å². The van der Waals surface area contributed by atoms with Gasteiger partial charge in [-0.2, -0.15) is 0 Å². The molecule has 2 unspecified atom stereocenters. The zero-order valence-corrected chi connectivity index (χ0v) is 17.6. The topological polar surface area (TPSA) is 91.7 Å². The number of methoxy groups -OCH3 is 2. The summed E-state index contributed by atoms with van der Waals surface area (Å²) in [6, 6.07) is 11.1. The number of hydrogen-bond donors (Lipinski definition) is 1. The molecule has 8 nitrogen and oxygen atoms in total. The Balaban J connectivity index is 1.66. The van der Waals surface area contributed by atoms with Gasteiger partial charge in [-0.1, -0.05) is 18.2 Å². The molecule has 1 aliphatic rings. The fourth-order valence-electron chi connectivity index (χ4n) is 3.53. The molecule has 9 heteroatoms. The fourth-order valence-corrected chi connectivity index (χ4v) is 3.53. The van der Waals surface area contributed by atoms with Crippen LogP contribution in [0.4, 0.5) is 4.39 Å². The number of carbonyl (C=O) groups is 1. The maximum absolute atomic E-state index is 14.2. The average molecular weight is 439 g/mol. The number of benzene rings is 1.